The van der Waals surface area contributed by atoms with Crippen molar-refractivity contribution >= 4 is 5.91 Å². The zero-order valence-corrected chi connectivity index (χ0v) is 16.0. The molecule has 3 atom stereocenters. The van der Waals surface area contributed by atoms with Crippen molar-refractivity contribution in [3.8, 4) is 5.75 Å². The molecule has 1 fully saturated rings. The molecule has 4 heteroatoms. The quantitative estimate of drug-likeness (QED) is 0.709. The van der Waals surface area contributed by atoms with Crippen LogP contribution < -0.4 is 15.4 Å². The minimum atomic E-state index is 0.0926. The molecule has 1 aliphatic heterocycles. The van der Waals surface area contributed by atoms with E-state index in [0.29, 0.717) is 18.3 Å². The Labute approximate surface area is 152 Å². The summed E-state index contributed by atoms with van der Waals surface area (Å²) < 4.78 is 5.24. The molecule has 2 rings (SSSR count). The van der Waals surface area contributed by atoms with Gasteiger partial charge in [-0.1, -0.05) is 38.8 Å². The molecule has 0 aliphatic carbocycles. The summed E-state index contributed by atoms with van der Waals surface area (Å²) in [6, 6.07) is 8.16. The number of carbonyl (C=O) groups is 1. The van der Waals surface area contributed by atoms with Crippen LogP contribution in [0.1, 0.15) is 64.0 Å². The molecule has 0 spiro atoms. The van der Waals surface area contributed by atoms with E-state index >= 15 is 0 Å². The molecule has 4 nitrogen and oxygen atoms in total. The molecule has 1 heterocycles. The van der Waals surface area contributed by atoms with Gasteiger partial charge >= 0.3 is 0 Å². The summed E-state index contributed by atoms with van der Waals surface area (Å²) in [4.78, 5) is 12.6. The van der Waals surface area contributed by atoms with Crippen LogP contribution in [-0.2, 0) is 4.79 Å². The fourth-order valence-electron chi connectivity index (χ4n) is 3.64. The van der Waals surface area contributed by atoms with Gasteiger partial charge in [0.2, 0.25) is 5.91 Å². The Morgan fingerprint density at radius 3 is 2.72 bits per heavy atom. The maximum atomic E-state index is 12.6. The molecule has 0 aromatic heterocycles. The number of methoxy groups -OCH3 is 1. The van der Waals surface area contributed by atoms with Gasteiger partial charge in [-0.3, -0.25) is 4.79 Å². The number of amides is 1. The Morgan fingerprint density at radius 2 is 2.12 bits per heavy atom. The van der Waals surface area contributed by atoms with Crippen LogP contribution in [0.2, 0.25) is 0 Å². The van der Waals surface area contributed by atoms with Crippen LogP contribution in [0, 0.1) is 11.8 Å². The number of benzene rings is 1. The normalized spacial score (nSPS) is 19.9. The minimum Gasteiger partial charge on any atom is -0.497 e. The molecule has 1 amide bonds. The molecule has 1 aromatic carbocycles. The van der Waals surface area contributed by atoms with Gasteiger partial charge in [0.25, 0.3) is 0 Å². The van der Waals surface area contributed by atoms with Gasteiger partial charge in [0.1, 0.15) is 5.75 Å². The number of carbonyl (C=O) groups excluding carboxylic acids is 1. The average Bonchev–Trinajstić information content (AvgIpc) is 2.66. The number of ether oxygens (including phenoxy) is 1. The van der Waals surface area contributed by atoms with E-state index in [1.807, 2.05) is 12.1 Å². The number of piperidine rings is 1. The van der Waals surface area contributed by atoms with Gasteiger partial charge in [0.15, 0.2) is 0 Å². The molecule has 25 heavy (non-hydrogen) atoms. The van der Waals surface area contributed by atoms with Crippen molar-refractivity contribution in [1.82, 2.24) is 10.6 Å². The van der Waals surface area contributed by atoms with Crippen LogP contribution in [0.25, 0.3) is 0 Å². The van der Waals surface area contributed by atoms with Gasteiger partial charge in [0, 0.05) is 6.42 Å². The van der Waals surface area contributed by atoms with Crippen LogP contribution in [0.5, 0.6) is 5.75 Å². The third-order valence-electron chi connectivity index (χ3n) is 5.35. The molecular formula is C21H34N2O2. The highest BCUT2D eigenvalue weighted by atomic mass is 16.5. The summed E-state index contributed by atoms with van der Waals surface area (Å²) in [5.74, 6) is 2.07. The molecule has 0 saturated carbocycles. The van der Waals surface area contributed by atoms with Crippen LogP contribution in [0.15, 0.2) is 24.3 Å². The molecule has 140 valence electrons. The molecule has 0 bridgehead atoms. The number of hydrogen-bond donors (Lipinski definition) is 2. The van der Waals surface area contributed by atoms with E-state index in [1.54, 1.807) is 7.11 Å². The van der Waals surface area contributed by atoms with E-state index in [4.69, 9.17) is 4.74 Å². The van der Waals surface area contributed by atoms with Crippen LogP contribution in [0.4, 0.5) is 0 Å². The third-order valence-corrected chi connectivity index (χ3v) is 5.35. The van der Waals surface area contributed by atoms with E-state index in [9.17, 15) is 4.79 Å². The van der Waals surface area contributed by atoms with E-state index in [-0.39, 0.29) is 11.9 Å². The predicted molar refractivity (Wildman–Crippen MR) is 103 cm³/mol. The van der Waals surface area contributed by atoms with Gasteiger partial charge < -0.3 is 15.4 Å². The molecule has 2 N–H and O–H groups in total. The summed E-state index contributed by atoms with van der Waals surface area (Å²) in [5, 5.41) is 6.73. The first-order chi connectivity index (χ1) is 12.1. The second-order valence-corrected chi connectivity index (χ2v) is 7.32. The van der Waals surface area contributed by atoms with Crippen LogP contribution in [0.3, 0.4) is 0 Å². The first-order valence-electron chi connectivity index (χ1n) is 9.78. The van der Waals surface area contributed by atoms with E-state index < -0.39 is 0 Å². The zero-order valence-electron chi connectivity index (χ0n) is 16.0. The van der Waals surface area contributed by atoms with Crippen LogP contribution >= 0.6 is 0 Å². The van der Waals surface area contributed by atoms with Gasteiger partial charge in [-0.15, -0.1) is 0 Å². The fraction of sp³-hybridized carbons (Fsp3) is 0.667. The van der Waals surface area contributed by atoms with E-state index in [2.05, 4.69) is 36.6 Å². The lowest BCUT2D eigenvalue weighted by molar-refractivity contribution is -0.123. The Balaban J connectivity index is 1.93. The Kier molecular flexibility index (Phi) is 8.26. The Bertz CT molecular complexity index is 509. The summed E-state index contributed by atoms with van der Waals surface area (Å²) >= 11 is 0. The van der Waals surface area contributed by atoms with Gasteiger partial charge in [0.05, 0.1) is 13.2 Å². The Hall–Kier alpha value is -1.55. The lowest BCUT2D eigenvalue weighted by atomic mass is 9.85. The highest BCUT2D eigenvalue weighted by molar-refractivity contribution is 5.76. The Morgan fingerprint density at radius 1 is 1.36 bits per heavy atom. The van der Waals surface area contributed by atoms with Gasteiger partial charge in [-0.2, -0.15) is 0 Å². The number of hydrogen-bond acceptors (Lipinski definition) is 3. The monoisotopic (exact) mass is 346 g/mol. The number of rotatable bonds is 9. The summed E-state index contributed by atoms with van der Waals surface area (Å²) in [7, 11) is 1.67. The summed E-state index contributed by atoms with van der Waals surface area (Å²) in [6.07, 6.45) is 6.30. The lowest BCUT2D eigenvalue weighted by Crippen LogP contribution is -2.36. The van der Waals surface area contributed by atoms with Crippen molar-refractivity contribution in [3.05, 3.63) is 29.8 Å². The molecule has 1 aliphatic rings. The average molecular weight is 347 g/mol. The third kappa shape index (κ3) is 6.35. The lowest BCUT2D eigenvalue weighted by Gasteiger charge is -2.28. The topological polar surface area (TPSA) is 50.4 Å². The number of unbranched alkanes of at least 4 members (excludes halogenated alkanes) is 1. The first kappa shape index (κ1) is 19.8. The van der Waals surface area contributed by atoms with Crippen LogP contribution in [-0.4, -0.2) is 26.1 Å². The highest BCUT2D eigenvalue weighted by Gasteiger charge is 2.23. The minimum absolute atomic E-state index is 0.0926. The zero-order chi connectivity index (χ0) is 18.1. The second kappa shape index (κ2) is 10.4. The maximum absolute atomic E-state index is 12.6. The van der Waals surface area contributed by atoms with Crippen molar-refractivity contribution in [1.29, 1.82) is 0 Å². The molecule has 1 aromatic rings. The van der Waals surface area contributed by atoms with Crippen molar-refractivity contribution in [2.45, 2.75) is 58.4 Å². The van der Waals surface area contributed by atoms with Crippen molar-refractivity contribution in [2.75, 3.05) is 20.2 Å². The van der Waals surface area contributed by atoms with Crippen molar-refractivity contribution < 1.29 is 9.53 Å². The fourth-order valence-corrected chi connectivity index (χ4v) is 3.64. The molecule has 0 radical (unpaired) electrons. The SMILES string of the molecule is CCCCC(NC(=O)CC(C)C1CCCNC1)c1ccc(OC)cc1. The highest BCUT2D eigenvalue weighted by Crippen LogP contribution is 2.25. The summed E-state index contributed by atoms with van der Waals surface area (Å²) in [6.45, 7) is 6.56. The van der Waals surface area contributed by atoms with Gasteiger partial charge in [-0.05, 0) is 61.9 Å². The molecule has 1 saturated heterocycles. The second-order valence-electron chi connectivity index (χ2n) is 7.32. The largest absolute Gasteiger partial charge is 0.497 e. The van der Waals surface area contributed by atoms with Gasteiger partial charge in [-0.25, -0.2) is 0 Å². The van der Waals surface area contributed by atoms with Crippen molar-refractivity contribution in [2.24, 2.45) is 11.8 Å². The summed E-state index contributed by atoms with van der Waals surface area (Å²) in [5.41, 5.74) is 1.16. The predicted octanol–water partition coefficient (Wildman–Crippen LogP) is 4.07. The van der Waals surface area contributed by atoms with E-state index in [0.717, 1.165) is 43.7 Å². The molecular weight excluding hydrogens is 312 g/mol. The maximum Gasteiger partial charge on any atom is 0.220 e. The smallest absolute Gasteiger partial charge is 0.220 e. The molecule has 3 unspecified atom stereocenters. The number of nitrogens with one attached hydrogen (secondary N) is 2. The first-order valence-corrected chi connectivity index (χ1v) is 9.78. The standard InChI is InChI=1S/C21H34N2O2/c1-4-5-8-20(17-9-11-19(25-3)12-10-17)23-21(24)14-16(2)18-7-6-13-22-15-18/h9-12,16,18,20,22H,4-8,13-15H2,1-3H3,(H,23,24). The van der Waals surface area contributed by atoms with E-state index in [1.165, 1.54) is 12.8 Å². The van der Waals surface area contributed by atoms with Crippen molar-refractivity contribution in [3.63, 3.8) is 0 Å².